The number of aliphatic carboxylic acids is 1. The number of aromatic carboxylic acids is 2. The lowest BCUT2D eigenvalue weighted by molar-refractivity contribution is -0.137. The minimum absolute atomic E-state index is 0.190. The molecule has 0 atom stereocenters. The molecule has 1 aromatic carbocycles. The van der Waals surface area contributed by atoms with E-state index in [2.05, 4.69) is 6.92 Å². The molecule has 1 rings (SSSR count). The molecule has 0 aliphatic heterocycles. The SMILES string of the molecule is CCCCCC(=O)O.O=C(O)c1ccccc1C(=O)O. The van der Waals surface area contributed by atoms with Crippen molar-refractivity contribution in [3.63, 3.8) is 0 Å². The van der Waals surface area contributed by atoms with Crippen LogP contribution >= 0.6 is 0 Å². The number of rotatable bonds is 6. The van der Waals surface area contributed by atoms with E-state index in [1.807, 2.05) is 0 Å². The van der Waals surface area contributed by atoms with Crippen molar-refractivity contribution >= 4 is 17.9 Å². The van der Waals surface area contributed by atoms with Gasteiger partial charge in [0.2, 0.25) is 0 Å². The maximum Gasteiger partial charge on any atom is 0.336 e. The Kier molecular flexibility index (Phi) is 8.41. The van der Waals surface area contributed by atoms with E-state index in [4.69, 9.17) is 15.3 Å². The highest BCUT2D eigenvalue weighted by molar-refractivity contribution is 6.01. The molecule has 0 aromatic heterocycles. The Morgan fingerprint density at radius 1 is 0.900 bits per heavy atom. The van der Waals surface area contributed by atoms with Crippen molar-refractivity contribution in [2.45, 2.75) is 32.6 Å². The molecule has 0 bridgehead atoms. The van der Waals surface area contributed by atoms with Gasteiger partial charge in [0.15, 0.2) is 0 Å². The maximum absolute atomic E-state index is 10.5. The van der Waals surface area contributed by atoms with Gasteiger partial charge in [0.1, 0.15) is 0 Å². The number of hydrogen-bond acceptors (Lipinski definition) is 3. The van der Waals surface area contributed by atoms with Crippen LogP contribution in [0.3, 0.4) is 0 Å². The summed E-state index contributed by atoms with van der Waals surface area (Å²) in [7, 11) is 0. The minimum atomic E-state index is -1.23. The second kappa shape index (κ2) is 9.55. The van der Waals surface area contributed by atoms with Crippen LogP contribution in [0, 0.1) is 0 Å². The number of hydrogen-bond donors (Lipinski definition) is 3. The number of carbonyl (C=O) groups is 3. The summed E-state index contributed by atoms with van der Waals surface area (Å²) in [6.07, 6.45) is 3.28. The third-order valence-corrected chi connectivity index (χ3v) is 2.38. The number of benzene rings is 1. The molecule has 6 heteroatoms. The molecule has 0 fully saturated rings. The first-order valence-electron chi connectivity index (χ1n) is 6.17. The van der Waals surface area contributed by atoms with Gasteiger partial charge in [-0.2, -0.15) is 0 Å². The second-order valence-corrected chi connectivity index (χ2v) is 4.01. The van der Waals surface area contributed by atoms with Crippen LogP contribution < -0.4 is 0 Å². The van der Waals surface area contributed by atoms with E-state index in [0.29, 0.717) is 6.42 Å². The highest BCUT2D eigenvalue weighted by Gasteiger charge is 2.13. The third-order valence-electron chi connectivity index (χ3n) is 2.38. The van der Waals surface area contributed by atoms with Gasteiger partial charge in [-0.05, 0) is 18.6 Å². The van der Waals surface area contributed by atoms with E-state index in [9.17, 15) is 14.4 Å². The van der Waals surface area contributed by atoms with E-state index in [0.717, 1.165) is 19.3 Å². The van der Waals surface area contributed by atoms with E-state index < -0.39 is 17.9 Å². The lowest BCUT2D eigenvalue weighted by atomic mass is 10.1. The number of carboxylic acids is 3. The summed E-state index contributed by atoms with van der Waals surface area (Å²) in [5.74, 6) is -3.14. The fourth-order valence-electron chi connectivity index (χ4n) is 1.38. The highest BCUT2D eigenvalue weighted by atomic mass is 16.4. The molecule has 20 heavy (non-hydrogen) atoms. The van der Waals surface area contributed by atoms with Gasteiger partial charge in [-0.15, -0.1) is 0 Å². The van der Waals surface area contributed by atoms with Gasteiger partial charge >= 0.3 is 17.9 Å². The number of carboxylic acid groups (broad SMARTS) is 3. The van der Waals surface area contributed by atoms with Crippen molar-refractivity contribution in [2.24, 2.45) is 0 Å². The molecule has 3 N–H and O–H groups in total. The highest BCUT2D eigenvalue weighted by Crippen LogP contribution is 2.07. The molecular weight excluding hydrogens is 264 g/mol. The summed E-state index contributed by atoms with van der Waals surface area (Å²) in [4.78, 5) is 30.8. The van der Waals surface area contributed by atoms with Crippen LogP contribution in [0.4, 0.5) is 0 Å². The first-order valence-corrected chi connectivity index (χ1v) is 6.17. The van der Waals surface area contributed by atoms with Crippen LogP contribution in [-0.2, 0) is 4.79 Å². The van der Waals surface area contributed by atoms with Gasteiger partial charge in [-0.3, -0.25) is 4.79 Å². The Labute approximate surface area is 116 Å². The monoisotopic (exact) mass is 282 g/mol. The first kappa shape index (κ1) is 17.6. The lowest BCUT2D eigenvalue weighted by Crippen LogP contribution is -2.06. The Morgan fingerprint density at radius 2 is 1.35 bits per heavy atom. The second-order valence-electron chi connectivity index (χ2n) is 4.01. The summed E-state index contributed by atoms with van der Waals surface area (Å²) in [5, 5.41) is 25.2. The van der Waals surface area contributed by atoms with Crippen molar-refractivity contribution in [3.05, 3.63) is 35.4 Å². The predicted octanol–water partition coefficient (Wildman–Crippen LogP) is 2.73. The molecule has 0 saturated carbocycles. The van der Waals surface area contributed by atoms with E-state index in [1.165, 1.54) is 24.3 Å². The quantitative estimate of drug-likeness (QED) is 0.691. The van der Waals surface area contributed by atoms with Crippen LogP contribution in [-0.4, -0.2) is 33.2 Å². The molecule has 0 spiro atoms. The predicted molar refractivity (Wildman–Crippen MR) is 72.1 cm³/mol. The Hall–Kier alpha value is -2.37. The topological polar surface area (TPSA) is 112 Å². The summed E-state index contributed by atoms with van der Waals surface area (Å²) >= 11 is 0. The smallest absolute Gasteiger partial charge is 0.336 e. The minimum Gasteiger partial charge on any atom is -0.481 e. The van der Waals surface area contributed by atoms with Gasteiger partial charge in [0.05, 0.1) is 11.1 Å². The van der Waals surface area contributed by atoms with Crippen molar-refractivity contribution < 1.29 is 29.7 Å². The molecule has 0 amide bonds. The van der Waals surface area contributed by atoms with Gasteiger partial charge in [0.25, 0.3) is 0 Å². The van der Waals surface area contributed by atoms with Crippen molar-refractivity contribution in [3.8, 4) is 0 Å². The van der Waals surface area contributed by atoms with E-state index >= 15 is 0 Å². The molecule has 0 unspecified atom stereocenters. The number of unbranched alkanes of at least 4 members (excludes halogenated alkanes) is 2. The van der Waals surface area contributed by atoms with Gasteiger partial charge in [-0.1, -0.05) is 31.9 Å². The van der Waals surface area contributed by atoms with Crippen molar-refractivity contribution in [2.75, 3.05) is 0 Å². The molecular formula is C14H18O6. The molecule has 0 aliphatic carbocycles. The fourth-order valence-corrected chi connectivity index (χ4v) is 1.38. The molecule has 0 heterocycles. The lowest BCUT2D eigenvalue weighted by Gasteiger charge is -1.98. The Balaban J connectivity index is 0.000000396. The molecule has 1 aromatic rings. The zero-order valence-electron chi connectivity index (χ0n) is 11.2. The van der Waals surface area contributed by atoms with Gasteiger partial charge < -0.3 is 15.3 Å². The van der Waals surface area contributed by atoms with Crippen LogP contribution in [0.1, 0.15) is 53.3 Å². The Bertz CT molecular complexity index is 433. The van der Waals surface area contributed by atoms with Gasteiger partial charge in [-0.25, -0.2) is 9.59 Å². The molecule has 6 nitrogen and oxygen atoms in total. The average molecular weight is 282 g/mol. The summed E-state index contributed by atoms with van der Waals surface area (Å²) in [6.45, 7) is 2.06. The van der Waals surface area contributed by atoms with Gasteiger partial charge in [0, 0.05) is 6.42 Å². The maximum atomic E-state index is 10.5. The Morgan fingerprint density at radius 3 is 1.65 bits per heavy atom. The molecule has 0 radical (unpaired) electrons. The zero-order chi connectivity index (χ0) is 15.5. The summed E-state index contributed by atoms with van der Waals surface area (Å²) < 4.78 is 0. The fraction of sp³-hybridized carbons (Fsp3) is 0.357. The first-order chi connectivity index (χ1) is 9.40. The third kappa shape index (κ3) is 7.15. The van der Waals surface area contributed by atoms with Crippen molar-refractivity contribution in [1.29, 1.82) is 0 Å². The summed E-state index contributed by atoms with van der Waals surface area (Å²) in [5.41, 5.74) is -0.380. The van der Waals surface area contributed by atoms with Crippen LogP contribution in [0.2, 0.25) is 0 Å². The van der Waals surface area contributed by atoms with Crippen LogP contribution in [0.25, 0.3) is 0 Å². The van der Waals surface area contributed by atoms with Crippen LogP contribution in [0.15, 0.2) is 24.3 Å². The molecule has 110 valence electrons. The normalized spacial score (nSPS) is 9.25. The molecule has 0 saturated heterocycles. The average Bonchev–Trinajstić information content (AvgIpc) is 2.39. The van der Waals surface area contributed by atoms with E-state index in [-0.39, 0.29) is 11.1 Å². The van der Waals surface area contributed by atoms with E-state index in [1.54, 1.807) is 0 Å². The molecule has 0 aliphatic rings. The zero-order valence-corrected chi connectivity index (χ0v) is 11.2. The summed E-state index contributed by atoms with van der Waals surface area (Å²) in [6, 6.07) is 5.48. The van der Waals surface area contributed by atoms with Crippen LogP contribution in [0.5, 0.6) is 0 Å². The van der Waals surface area contributed by atoms with Crippen molar-refractivity contribution in [1.82, 2.24) is 0 Å². The largest absolute Gasteiger partial charge is 0.481 e. The standard InChI is InChI=1S/C8H6O4.C6H12O2/c9-7(10)5-3-1-2-4-6(5)8(11)12;1-2-3-4-5-6(7)8/h1-4H,(H,9,10)(H,11,12);2-5H2,1H3,(H,7,8).